The molecule has 86 valence electrons. The molecule has 0 aliphatic heterocycles. The Hall–Kier alpha value is -1.04. The molecule has 0 saturated carbocycles. The zero-order valence-corrected chi connectivity index (χ0v) is 8.77. The third-order valence-corrected chi connectivity index (χ3v) is 2.31. The van der Waals surface area contributed by atoms with E-state index in [9.17, 15) is 23.2 Å². The third kappa shape index (κ3) is 2.31. The van der Waals surface area contributed by atoms with Gasteiger partial charge in [0, 0.05) is 0 Å². The molecule has 0 spiro atoms. The van der Waals surface area contributed by atoms with Gasteiger partial charge in [0.2, 0.25) is 5.78 Å². The highest BCUT2D eigenvalue weighted by atomic mass is 35.5. The Balaban J connectivity index is 5.58. The van der Waals surface area contributed by atoms with E-state index < -0.39 is 34.8 Å². The van der Waals surface area contributed by atoms with Crippen LogP contribution in [0.1, 0.15) is 20.3 Å². The maximum Gasteiger partial charge on any atom is 0.382 e. The molecule has 0 aromatic carbocycles. The summed E-state index contributed by atoms with van der Waals surface area (Å²) >= 11 is 4.44. The number of ketones is 2. The lowest BCUT2D eigenvalue weighted by molar-refractivity contribution is -0.165. The topological polar surface area (TPSA) is 71.4 Å². The molecule has 0 fully saturated rings. The van der Waals surface area contributed by atoms with Crippen LogP contribution in [0.5, 0.6) is 0 Å². The minimum Gasteiger partial charge on any atom is -0.480 e. The van der Waals surface area contributed by atoms with Gasteiger partial charge in [0.1, 0.15) is 0 Å². The molecule has 15 heavy (non-hydrogen) atoms. The van der Waals surface area contributed by atoms with E-state index in [0.717, 1.165) is 13.8 Å². The summed E-state index contributed by atoms with van der Waals surface area (Å²) in [6.45, 7) is 1.91. The van der Waals surface area contributed by atoms with Crippen LogP contribution in [0.25, 0.3) is 0 Å². The standard InChI is InChI=1S/C8H9ClF2O4/c1-3-7(4(2)12,6(14)15)5(13)8(9,10)11/h3H2,1-2H3,(H,14,15). The molecule has 0 bridgehead atoms. The van der Waals surface area contributed by atoms with Crippen molar-refractivity contribution in [3.8, 4) is 0 Å². The lowest BCUT2D eigenvalue weighted by atomic mass is 9.77. The summed E-state index contributed by atoms with van der Waals surface area (Å²) in [5, 5.41) is 4.33. The maximum absolute atomic E-state index is 12.5. The van der Waals surface area contributed by atoms with Gasteiger partial charge in [-0.1, -0.05) is 6.92 Å². The molecule has 0 heterocycles. The van der Waals surface area contributed by atoms with Crippen molar-refractivity contribution in [1.82, 2.24) is 0 Å². The smallest absolute Gasteiger partial charge is 0.382 e. The number of carboxylic acids is 1. The van der Waals surface area contributed by atoms with Crippen molar-refractivity contribution in [3.63, 3.8) is 0 Å². The first-order chi connectivity index (χ1) is 6.60. The number of aliphatic carboxylic acids is 1. The Morgan fingerprint density at radius 3 is 1.80 bits per heavy atom. The molecule has 1 N–H and O–H groups in total. The summed E-state index contributed by atoms with van der Waals surface area (Å²) in [5.41, 5.74) is -2.76. The van der Waals surface area contributed by atoms with Crippen molar-refractivity contribution in [2.24, 2.45) is 5.41 Å². The molecular formula is C8H9ClF2O4. The first-order valence-corrected chi connectivity index (χ1v) is 4.34. The molecule has 0 aromatic heterocycles. The average molecular weight is 243 g/mol. The van der Waals surface area contributed by atoms with Crippen molar-refractivity contribution in [2.45, 2.75) is 25.7 Å². The van der Waals surface area contributed by atoms with E-state index >= 15 is 0 Å². The lowest BCUT2D eigenvalue weighted by Crippen LogP contribution is -2.50. The number of rotatable bonds is 5. The number of carbonyl (C=O) groups excluding carboxylic acids is 2. The SMILES string of the molecule is CCC(C(C)=O)(C(=O)O)C(=O)C(F)(F)Cl. The van der Waals surface area contributed by atoms with Crippen LogP contribution in [-0.4, -0.2) is 28.0 Å². The number of hydrogen-bond acceptors (Lipinski definition) is 3. The van der Waals surface area contributed by atoms with Crippen molar-refractivity contribution >= 4 is 29.1 Å². The number of alkyl halides is 3. The molecule has 0 amide bonds. The molecule has 4 nitrogen and oxygen atoms in total. The number of carbonyl (C=O) groups is 3. The average Bonchev–Trinajstić information content (AvgIpc) is 2.03. The molecule has 0 saturated heterocycles. The second-order valence-corrected chi connectivity index (χ2v) is 3.42. The van der Waals surface area contributed by atoms with Gasteiger partial charge in [-0.05, 0) is 24.9 Å². The Labute approximate surface area is 89.2 Å². The first-order valence-electron chi connectivity index (χ1n) is 3.96. The molecular weight excluding hydrogens is 234 g/mol. The molecule has 1 atom stereocenters. The number of Topliss-reactive ketones (excluding diaryl/α,β-unsaturated/α-hetero) is 2. The minimum absolute atomic E-state index is 0.571. The summed E-state index contributed by atoms with van der Waals surface area (Å²) in [4.78, 5) is 32.9. The van der Waals surface area contributed by atoms with Gasteiger partial charge in [0.15, 0.2) is 11.2 Å². The largest absolute Gasteiger partial charge is 0.480 e. The predicted molar refractivity (Wildman–Crippen MR) is 46.8 cm³/mol. The van der Waals surface area contributed by atoms with Crippen molar-refractivity contribution < 1.29 is 28.3 Å². The van der Waals surface area contributed by atoms with Crippen LogP contribution >= 0.6 is 11.6 Å². The summed E-state index contributed by atoms with van der Waals surface area (Å²) in [6, 6.07) is 0. The van der Waals surface area contributed by atoms with Gasteiger partial charge in [0.05, 0.1) is 0 Å². The second-order valence-electron chi connectivity index (χ2n) is 2.95. The van der Waals surface area contributed by atoms with Crippen molar-refractivity contribution in [2.75, 3.05) is 0 Å². The quantitative estimate of drug-likeness (QED) is 0.585. The van der Waals surface area contributed by atoms with E-state index in [1.807, 2.05) is 0 Å². The van der Waals surface area contributed by atoms with Gasteiger partial charge in [0.25, 0.3) is 0 Å². The van der Waals surface area contributed by atoms with E-state index in [-0.39, 0.29) is 0 Å². The Morgan fingerprint density at radius 1 is 1.33 bits per heavy atom. The molecule has 7 heteroatoms. The fraction of sp³-hybridized carbons (Fsp3) is 0.625. The van der Waals surface area contributed by atoms with E-state index in [2.05, 4.69) is 11.6 Å². The number of halogens is 3. The number of carboxylic acid groups (broad SMARTS) is 1. The summed E-state index contributed by atoms with van der Waals surface area (Å²) in [5.74, 6) is -5.18. The second kappa shape index (κ2) is 4.22. The van der Waals surface area contributed by atoms with Crippen molar-refractivity contribution in [3.05, 3.63) is 0 Å². The van der Waals surface area contributed by atoms with Gasteiger partial charge >= 0.3 is 11.4 Å². The molecule has 0 rings (SSSR count). The number of hydrogen-bond donors (Lipinski definition) is 1. The molecule has 0 aliphatic rings. The highest BCUT2D eigenvalue weighted by Gasteiger charge is 2.58. The van der Waals surface area contributed by atoms with Crippen LogP contribution in [0.3, 0.4) is 0 Å². The van der Waals surface area contributed by atoms with Gasteiger partial charge < -0.3 is 5.11 Å². The molecule has 1 unspecified atom stereocenters. The Kier molecular flexibility index (Phi) is 3.93. The van der Waals surface area contributed by atoms with Crippen LogP contribution < -0.4 is 0 Å². The maximum atomic E-state index is 12.5. The van der Waals surface area contributed by atoms with E-state index in [1.165, 1.54) is 0 Å². The summed E-state index contributed by atoms with van der Waals surface area (Å²) in [7, 11) is 0. The molecule has 0 radical (unpaired) electrons. The lowest BCUT2D eigenvalue weighted by Gasteiger charge is -2.25. The normalized spacial score (nSPS) is 15.5. The Morgan fingerprint density at radius 2 is 1.73 bits per heavy atom. The molecule has 0 aliphatic carbocycles. The summed E-state index contributed by atoms with van der Waals surface area (Å²) in [6.07, 6.45) is -0.571. The fourth-order valence-electron chi connectivity index (χ4n) is 1.21. The van der Waals surface area contributed by atoms with Crippen molar-refractivity contribution in [1.29, 1.82) is 0 Å². The zero-order chi connectivity index (χ0) is 12.4. The van der Waals surface area contributed by atoms with Gasteiger partial charge in [-0.2, -0.15) is 8.78 Å². The van der Waals surface area contributed by atoms with Crippen LogP contribution in [-0.2, 0) is 14.4 Å². The highest BCUT2D eigenvalue weighted by Crippen LogP contribution is 2.35. The first kappa shape index (κ1) is 14.0. The zero-order valence-electron chi connectivity index (χ0n) is 8.01. The minimum atomic E-state index is -4.36. The van der Waals surface area contributed by atoms with E-state index in [0.29, 0.717) is 0 Å². The van der Waals surface area contributed by atoms with Crippen LogP contribution in [0.2, 0.25) is 0 Å². The fourth-order valence-corrected chi connectivity index (χ4v) is 1.37. The monoisotopic (exact) mass is 242 g/mol. The van der Waals surface area contributed by atoms with Gasteiger partial charge in [-0.3, -0.25) is 14.4 Å². The Bertz CT molecular complexity index is 294. The third-order valence-electron chi connectivity index (χ3n) is 2.14. The van der Waals surface area contributed by atoms with Gasteiger partial charge in [-0.15, -0.1) is 0 Å². The van der Waals surface area contributed by atoms with Gasteiger partial charge in [-0.25, -0.2) is 0 Å². The van der Waals surface area contributed by atoms with E-state index in [1.54, 1.807) is 0 Å². The van der Waals surface area contributed by atoms with Crippen LogP contribution in [0.15, 0.2) is 0 Å². The predicted octanol–water partition coefficient (Wildman–Crippen LogP) is 1.46. The highest BCUT2D eigenvalue weighted by molar-refractivity contribution is 6.38. The molecule has 0 aromatic rings. The van der Waals surface area contributed by atoms with Crippen LogP contribution in [0.4, 0.5) is 8.78 Å². The van der Waals surface area contributed by atoms with E-state index in [4.69, 9.17) is 5.11 Å². The van der Waals surface area contributed by atoms with Crippen LogP contribution in [0, 0.1) is 5.41 Å². The summed E-state index contributed by atoms with van der Waals surface area (Å²) < 4.78 is 25.0.